The zero-order chi connectivity index (χ0) is 15.0. The Bertz CT molecular complexity index is 443. The third-order valence-electron chi connectivity index (χ3n) is 2.67. The van der Waals surface area contributed by atoms with Crippen LogP contribution in [0.15, 0.2) is 24.3 Å². The minimum absolute atomic E-state index is 0.0596. The fraction of sp³-hybridized carbons (Fsp3) is 0.429. The van der Waals surface area contributed by atoms with Crippen molar-refractivity contribution in [3.05, 3.63) is 29.8 Å². The molecule has 0 unspecified atom stereocenters. The van der Waals surface area contributed by atoms with E-state index in [-0.39, 0.29) is 18.1 Å². The third-order valence-corrected chi connectivity index (χ3v) is 3.97. The molecule has 1 rings (SSSR count). The molecule has 5 nitrogen and oxygen atoms in total. The summed E-state index contributed by atoms with van der Waals surface area (Å²) in [6.45, 7) is 0. The maximum Gasteiger partial charge on any atom is 0.306 e. The summed E-state index contributed by atoms with van der Waals surface area (Å²) >= 11 is 1.44. The molecule has 0 aliphatic rings. The molecule has 0 spiro atoms. The Morgan fingerprint density at radius 3 is 2.35 bits per heavy atom. The normalized spacial score (nSPS) is 11.7. The molecule has 6 heteroatoms. The first-order valence-electron chi connectivity index (χ1n) is 6.08. The van der Waals surface area contributed by atoms with Crippen LogP contribution in [0.5, 0.6) is 5.75 Å². The highest BCUT2D eigenvalue weighted by molar-refractivity contribution is 7.99. The average molecular weight is 298 g/mol. The number of benzene rings is 1. The van der Waals surface area contributed by atoms with Gasteiger partial charge >= 0.3 is 11.9 Å². The Morgan fingerprint density at radius 2 is 1.85 bits per heavy atom. The molecule has 0 aromatic heterocycles. The van der Waals surface area contributed by atoms with E-state index < -0.39 is 11.9 Å². The minimum Gasteiger partial charge on any atom is -0.497 e. The van der Waals surface area contributed by atoms with Gasteiger partial charge in [-0.15, -0.1) is 0 Å². The van der Waals surface area contributed by atoms with Gasteiger partial charge < -0.3 is 14.6 Å². The van der Waals surface area contributed by atoms with E-state index in [1.807, 2.05) is 24.3 Å². The lowest BCUT2D eigenvalue weighted by molar-refractivity contribution is -0.141. The first-order chi connectivity index (χ1) is 9.55. The maximum atomic E-state index is 11.3. The van der Waals surface area contributed by atoms with E-state index in [0.717, 1.165) is 11.3 Å². The van der Waals surface area contributed by atoms with Crippen LogP contribution in [0.1, 0.15) is 18.4 Å². The molecule has 0 saturated carbocycles. The van der Waals surface area contributed by atoms with Gasteiger partial charge in [-0.2, -0.15) is 11.8 Å². The molecule has 1 aromatic rings. The number of rotatable bonds is 8. The Morgan fingerprint density at radius 1 is 1.20 bits per heavy atom. The van der Waals surface area contributed by atoms with Crippen LogP contribution >= 0.6 is 11.8 Å². The molecule has 0 amide bonds. The van der Waals surface area contributed by atoms with Gasteiger partial charge in [-0.25, -0.2) is 0 Å². The van der Waals surface area contributed by atoms with Gasteiger partial charge in [0.1, 0.15) is 5.75 Å². The van der Waals surface area contributed by atoms with Crippen molar-refractivity contribution in [2.75, 3.05) is 14.2 Å². The molecule has 110 valence electrons. The SMILES string of the molecule is COC(=O)C[C@H](CC(=O)O)SCc1ccc(OC)cc1. The zero-order valence-electron chi connectivity index (χ0n) is 11.5. The summed E-state index contributed by atoms with van der Waals surface area (Å²) < 4.78 is 9.65. The predicted molar refractivity (Wildman–Crippen MR) is 77.0 cm³/mol. The van der Waals surface area contributed by atoms with Crippen molar-refractivity contribution in [3.8, 4) is 5.75 Å². The summed E-state index contributed by atoms with van der Waals surface area (Å²) in [6, 6.07) is 7.54. The van der Waals surface area contributed by atoms with E-state index in [4.69, 9.17) is 9.84 Å². The Hall–Kier alpha value is -1.69. The van der Waals surface area contributed by atoms with Crippen LogP contribution < -0.4 is 4.74 Å². The zero-order valence-corrected chi connectivity index (χ0v) is 12.3. The van der Waals surface area contributed by atoms with Crippen LogP contribution in [-0.2, 0) is 20.1 Å². The number of carbonyl (C=O) groups is 2. The van der Waals surface area contributed by atoms with Crippen LogP contribution in [0.25, 0.3) is 0 Å². The van der Waals surface area contributed by atoms with Gasteiger partial charge in [-0.05, 0) is 17.7 Å². The number of carboxylic acids is 1. The Balaban J connectivity index is 2.55. The summed E-state index contributed by atoms with van der Waals surface area (Å²) in [5.41, 5.74) is 1.05. The van der Waals surface area contributed by atoms with E-state index >= 15 is 0 Å². The maximum absolute atomic E-state index is 11.3. The molecule has 0 aliphatic carbocycles. The molecule has 0 saturated heterocycles. The van der Waals surface area contributed by atoms with Gasteiger partial charge in [0.2, 0.25) is 0 Å². The Kier molecular flexibility index (Phi) is 6.93. The summed E-state index contributed by atoms with van der Waals surface area (Å²) in [5.74, 6) is 0.105. The fourth-order valence-electron chi connectivity index (χ4n) is 1.59. The van der Waals surface area contributed by atoms with E-state index in [0.29, 0.717) is 5.75 Å². The van der Waals surface area contributed by atoms with E-state index in [1.54, 1.807) is 7.11 Å². The molecule has 0 heterocycles. The van der Waals surface area contributed by atoms with Crippen LogP contribution in [0.2, 0.25) is 0 Å². The minimum atomic E-state index is -0.916. The summed E-state index contributed by atoms with van der Waals surface area (Å²) in [4.78, 5) is 22.0. The lowest BCUT2D eigenvalue weighted by Gasteiger charge is -2.13. The Labute approximate surface area is 122 Å². The smallest absolute Gasteiger partial charge is 0.306 e. The van der Waals surface area contributed by atoms with Crippen LogP contribution in [0, 0.1) is 0 Å². The summed E-state index contributed by atoms with van der Waals surface area (Å²) in [6.07, 6.45) is 0.0412. The second-order valence-corrected chi connectivity index (χ2v) is 5.45. The van der Waals surface area contributed by atoms with Crippen molar-refractivity contribution in [3.63, 3.8) is 0 Å². The van der Waals surface area contributed by atoms with Crippen molar-refractivity contribution >= 4 is 23.7 Å². The quantitative estimate of drug-likeness (QED) is 0.743. The van der Waals surface area contributed by atoms with Crippen LogP contribution in [0.4, 0.5) is 0 Å². The number of methoxy groups -OCH3 is 2. The number of hydrogen-bond donors (Lipinski definition) is 1. The van der Waals surface area contributed by atoms with E-state index in [1.165, 1.54) is 18.9 Å². The first-order valence-corrected chi connectivity index (χ1v) is 7.13. The van der Waals surface area contributed by atoms with Crippen molar-refractivity contribution in [1.29, 1.82) is 0 Å². The van der Waals surface area contributed by atoms with Crippen molar-refractivity contribution in [2.24, 2.45) is 0 Å². The summed E-state index contributed by atoms with van der Waals surface area (Å²) in [7, 11) is 2.90. The van der Waals surface area contributed by atoms with Crippen LogP contribution in [-0.4, -0.2) is 36.5 Å². The lowest BCUT2D eigenvalue weighted by atomic mass is 10.2. The largest absolute Gasteiger partial charge is 0.497 e. The van der Waals surface area contributed by atoms with E-state index in [9.17, 15) is 9.59 Å². The number of esters is 1. The highest BCUT2D eigenvalue weighted by atomic mass is 32.2. The van der Waals surface area contributed by atoms with Crippen LogP contribution in [0.3, 0.4) is 0 Å². The van der Waals surface area contributed by atoms with Crippen molar-refractivity contribution < 1.29 is 24.2 Å². The molecule has 1 atom stereocenters. The van der Waals surface area contributed by atoms with Gasteiger partial charge in [0.15, 0.2) is 0 Å². The average Bonchev–Trinajstić information content (AvgIpc) is 2.44. The molecule has 1 N–H and O–H groups in total. The van der Waals surface area contributed by atoms with Gasteiger partial charge in [0.25, 0.3) is 0 Å². The van der Waals surface area contributed by atoms with Crippen molar-refractivity contribution in [1.82, 2.24) is 0 Å². The second-order valence-electron chi connectivity index (χ2n) is 4.16. The molecule has 0 radical (unpaired) electrons. The molecule has 0 fully saturated rings. The van der Waals surface area contributed by atoms with Gasteiger partial charge in [0, 0.05) is 11.0 Å². The molecule has 20 heavy (non-hydrogen) atoms. The number of hydrogen-bond acceptors (Lipinski definition) is 5. The number of aliphatic carboxylic acids is 1. The second kappa shape index (κ2) is 8.47. The highest BCUT2D eigenvalue weighted by Crippen LogP contribution is 2.24. The molecular weight excluding hydrogens is 280 g/mol. The monoisotopic (exact) mass is 298 g/mol. The topological polar surface area (TPSA) is 72.8 Å². The number of thioether (sulfide) groups is 1. The third kappa shape index (κ3) is 5.97. The van der Waals surface area contributed by atoms with Gasteiger partial charge in [0.05, 0.1) is 27.1 Å². The summed E-state index contributed by atoms with van der Waals surface area (Å²) in [5, 5.41) is 8.56. The molecular formula is C14H18O5S. The standard InChI is InChI=1S/C14H18O5S/c1-18-11-5-3-10(4-6-11)9-20-12(7-13(15)16)8-14(17)19-2/h3-6,12H,7-9H2,1-2H3,(H,15,16)/t12-/m0/s1. The van der Waals surface area contributed by atoms with Crippen molar-refractivity contribution in [2.45, 2.75) is 23.8 Å². The van der Waals surface area contributed by atoms with E-state index in [2.05, 4.69) is 4.74 Å². The van der Waals surface area contributed by atoms with Gasteiger partial charge in [-0.1, -0.05) is 12.1 Å². The number of carboxylic acid groups (broad SMARTS) is 1. The highest BCUT2D eigenvalue weighted by Gasteiger charge is 2.18. The predicted octanol–water partition coefficient (Wildman–Crippen LogP) is 2.33. The molecule has 0 bridgehead atoms. The molecule has 0 aliphatic heterocycles. The first kappa shape index (κ1) is 16.4. The van der Waals surface area contributed by atoms with Gasteiger partial charge in [-0.3, -0.25) is 9.59 Å². The lowest BCUT2D eigenvalue weighted by Crippen LogP contribution is -2.16. The fourth-order valence-corrected chi connectivity index (χ4v) is 2.72. The number of ether oxygens (including phenoxy) is 2. The number of carbonyl (C=O) groups excluding carboxylic acids is 1. The molecule has 1 aromatic carbocycles.